The van der Waals surface area contributed by atoms with Crippen LogP contribution in [0, 0.1) is 0 Å². The molecule has 1 rings (SSSR count). The molecule has 0 aromatic heterocycles. The summed E-state index contributed by atoms with van der Waals surface area (Å²) in [5.41, 5.74) is 4.50. The molecular formula is C9H17N3O2. The molecule has 1 saturated heterocycles. The zero-order chi connectivity index (χ0) is 10.8. The molecule has 1 heterocycles. The van der Waals surface area contributed by atoms with E-state index in [9.17, 15) is 9.59 Å². The summed E-state index contributed by atoms with van der Waals surface area (Å²) in [5.74, 6) is -0.630. The van der Waals surface area contributed by atoms with Gasteiger partial charge in [-0.05, 0) is 19.9 Å². The number of nitrogens with two attached hydrogens (primary N) is 1. The highest BCUT2D eigenvalue weighted by molar-refractivity contribution is 5.89. The predicted molar refractivity (Wildman–Crippen MR) is 52.5 cm³/mol. The largest absolute Gasteiger partial charge is 0.368 e. The molecule has 1 aliphatic heterocycles. The standard InChI is InChI=1S/C9H17N3O2/c1-7(13)11-9(8(10)14)3-5-12(2)6-4-9/h3-6H2,1-2H3,(H2,10,14)(H,11,13). The Morgan fingerprint density at radius 2 is 1.86 bits per heavy atom. The number of nitrogens with one attached hydrogen (secondary N) is 1. The first-order valence-corrected chi connectivity index (χ1v) is 4.73. The molecule has 0 aliphatic carbocycles. The summed E-state index contributed by atoms with van der Waals surface area (Å²) < 4.78 is 0. The minimum atomic E-state index is -0.821. The van der Waals surface area contributed by atoms with Crippen LogP contribution in [0.2, 0.25) is 0 Å². The molecule has 80 valence electrons. The van der Waals surface area contributed by atoms with Gasteiger partial charge in [-0.15, -0.1) is 0 Å². The number of carbonyl (C=O) groups excluding carboxylic acids is 2. The van der Waals surface area contributed by atoms with Crippen LogP contribution in [0.15, 0.2) is 0 Å². The van der Waals surface area contributed by atoms with Crippen molar-refractivity contribution in [2.24, 2.45) is 5.73 Å². The van der Waals surface area contributed by atoms with Crippen LogP contribution in [-0.2, 0) is 9.59 Å². The summed E-state index contributed by atoms with van der Waals surface area (Å²) in [5, 5.41) is 2.68. The van der Waals surface area contributed by atoms with Gasteiger partial charge in [-0.2, -0.15) is 0 Å². The van der Waals surface area contributed by atoms with E-state index < -0.39 is 11.4 Å². The second-order valence-corrected chi connectivity index (χ2v) is 3.93. The minimum absolute atomic E-state index is 0.201. The molecule has 14 heavy (non-hydrogen) atoms. The Hall–Kier alpha value is -1.10. The number of nitrogens with zero attached hydrogens (tertiary/aromatic N) is 1. The fourth-order valence-electron chi connectivity index (χ4n) is 1.77. The van der Waals surface area contributed by atoms with Crippen LogP contribution in [0.25, 0.3) is 0 Å². The first-order chi connectivity index (χ1) is 6.46. The number of likely N-dealkylation sites (tertiary alicyclic amines) is 1. The summed E-state index contributed by atoms with van der Waals surface area (Å²) in [6, 6.07) is 0. The third-order valence-corrected chi connectivity index (χ3v) is 2.73. The zero-order valence-electron chi connectivity index (χ0n) is 8.67. The molecule has 0 spiro atoms. The van der Waals surface area contributed by atoms with Crippen LogP contribution in [0.1, 0.15) is 19.8 Å². The van der Waals surface area contributed by atoms with Gasteiger partial charge >= 0.3 is 0 Å². The van der Waals surface area contributed by atoms with Crippen molar-refractivity contribution in [2.45, 2.75) is 25.3 Å². The summed E-state index contributed by atoms with van der Waals surface area (Å²) in [6.07, 6.45) is 1.19. The molecule has 1 fully saturated rings. The van der Waals surface area contributed by atoms with Crippen molar-refractivity contribution in [3.63, 3.8) is 0 Å². The number of hydrogen-bond donors (Lipinski definition) is 2. The maximum absolute atomic E-state index is 11.3. The SMILES string of the molecule is CC(=O)NC1(C(N)=O)CCN(C)CC1. The summed E-state index contributed by atoms with van der Waals surface area (Å²) in [7, 11) is 1.98. The van der Waals surface area contributed by atoms with E-state index in [0.717, 1.165) is 13.1 Å². The predicted octanol–water partition coefficient (Wildman–Crippen LogP) is -0.928. The molecule has 0 bridgehead atoms. The zero-order valence-corrected chi connectivity index (χ0v) is 8.67. The van der Waals surface area contributed by atoms with E-state index in [2.05, 4.69) is 10.2 Å². The molecule has 0 aromatic rings. The van der Waals surface area contributed by atoms with Gasteiger partial charge in [0.25, 0.3) is 0 Å². The number of carbonyl (C=O) groups is 2. The fraction of sp³-hybridized carbons (Fsp3) is 0.778. The molecule has 3 N–H and O–H groups in total. The molecule has 0 atom stereocenters. The number of hydrogen-bond acceptors (Lipinski definition) is 3. The molecule has 0 radical (unpaired) electrons. The Morgan fingerprint density at radius 3 is 2.21 bits per heavy atom. The number of piperidine rings is 1. The third kappa shape index (κ3) is 2.23. The van der Waals surface area contributed by atoms with Gasteiger partial charge in [-0.1, -0.05) is 0 Å². The lowest BCUT2D eigenvalue weighted by molar-refractivity contribution is -0.132. The van der Waals surface area contributed by atoms with Crippen LogP contribution in [-0.4, -0.2) is 42.4 Å². The van der Waals surface area contributed by atoms with E-state index in [0.29, 0.717) is 12.8 Å². The Morgan fingerprint density at radius 1 is 1.36 bits per heavy atom. The van der Waals surface area contributed by atoms with Crippen LogP contribution < -0.4 is 11.1 Å². The van der Waals surface area contributed by atoms with E-state index in [-0.39, 0.29) is 5.91 Å². The van der Waals surface area contributed by atoms with Crippen LogP contribution >= 0.6 is 0 Å². The highest BCUT2D eigenvalue weighted by atomic mass is 16.2. The smallest absolute Gasteiger partial charge is 0.243 e. The second kappa shape index (κ2) is 3.96. The molecule has 0 unspecified atom stereocenters. The summed E-state index contributed by atoms with van der Waals surface area (Å²) >= 11 is 0. The minimum Gasteiger partial charge on any atom is -0.368 e. The highest BCUT2D eigenvalue weighted by Crippen LogP contribution is 2.21. The van der Waals surface area contributed by atoms with Crippen LogP contribution in [0.5, 0.6) is 0 Å². The van der Waals surface area contributed by atoms with Gasteiger partial charge in [0, 0.05) is 20.0 Å². The lowest BCUT2D eigenvalue weighted by atomic mass is 9.87. The van der Waals surface area contributed by atoms with Gasteiger partial charge in [-0.3, -0.25) is 9.59 Å². The van der Waals surface area contributed by atoms with Crippen molar-refractivity contribution in [1.82, 2.24) is 10.2 Å². The number of rotatable bonds is 2. The molecule has 1 aliphatic rings. The molecule has 5 heteroatoms. The van der Waals surface area contributed by atoms with E-state index in [1.54, 1.807) is 0 Å². The highest BCUT2D eigenvalue weighted by Gasteiger charge is 2.39. The van der Waals surface area contributed by atoms with Crippen molar-refractivity contribution in [2.75, 3.05) is 20.1 Å². The average Bonchev–Trinajstić information content (AvgIpc) is 2.08. The first kappa shape index (κ1) is 11.0. The third-order valence-electron chi connectivity index (χ3n) is 2.73. The maximum Gasteiger partial charge on any atom is 0.243 e. The summed E-state index contributed by atoms with van der Waals surface area (Å²) in [4.78, 5) is 24.4. The van der Waals surface area contributed by atoms with Crippen LogP contribution in [0.4, 0.5) is 0 Å². The quantitative estimate of drug-likeness (QED) is 0.603. The van der Waals surface area contributed by atoms with E-state index in [1.165, 1.54) is 6.92 Å². The van der Waals surface area contributed by atoms with E-state index in [1.807, 2.05) is 7.05 Å². The van der Waals surface area contributed by atoms with Gasteiger partial charge in [0.2, 0.25) is 11.8 Å². The van der Waals surface area contributed by atoms with Gasteiger partial charge < -0.3 is 16.0 Å². The number of amides is 2. The molecule has 0 saturated carbocycles. The van der Waals surface area contributed by atoms with Crippen molar-refractivity contribution < 1.29 is 9.59 Å². The molecule has 0 aromatic carbocycles. The molecule has 5 nitrogen and oxygen atoms in total. The van der Waals surface area contributed by atoms with Crippen molar-refractivity contribution in [1.29, 1.82) is 0 Å². The van der Waals surface area contributed by atoms with Crippen molar-refractivity contribution in [3.05, 3.63) is 0 Å². The van der Waals surface area contributed by atoms with Crippen molar-refractivity contribution in [3.8, 4) is 0 Å². The molecular weight excluding hydrogens is 182 g/mol. The van der Waals surface area contributed by atoms with Gasteiger partial charge in [0.15, 0.2) is 0 Å². The lowest BCUT2D eigenvalue weighted by Crippen LogP contribution is -2.61. The maximum atomic E-state index is 11.3. The monoisotopic (exact) mass is 199 g/mol. The molecule has 2 amide bonds. The topological polar surface area (TPSA) is 75.4 Å². The van der Waals surface area contributed by atoms with E-state index in [4.69, 9.17) is 5.73 Å². The fourth-order valence-corrected chi connectivity index (χ4v) is 1.77. The van der Waals surface area contributed by atoms with Gasteiger partial charge in [-0.25, -0.2) is 0 Å². The van der Waals surface area contributed by atoms with Gasteiger partial charge in [0.05, 0.1) is 0 Å². The Bertz CT molecular complexity index is 244. The van der Waals surface area contributed by atoms with Crippen LogP contribution in [0.3, 0.4) is 0 Å². The number of primary amides is 1. The Labute approximate surface area is 83.6 Å². The average molecular weight is 199 g/mol. The Kier molecular flexibility index (Phi) is 3.10. The lowest BCUT2D eigenvalue weighted by Gasteiger charge is -2.38. The second-order valence-electron chi connectivity index (χ2n) is 3.93. The van der Waals surface area contributed by atoms with Crippen molar-refractivity contribution >= 4 is 11.8 Å². The summed E-state index contributed by atoms with van der Waals surface area (Å²) in [6.45, 7) is 2.97. The van der Waals surface area contributed by atoms with Gasteiger partial charge in [0.1, 0.15) is 5.54 Å². The Balaban J connectivity index is 2.73. The normalized spacial score (nSPS) is 21.6. The van der Waals surface area contributed by atoms with E-state index >= 15 is 0 Å². The first-order valence-electron chi connectivity index (χ1n) is 4.73.